The van der Waals surface area contributed by atoms with Crippen LogP contribution in [0.25, 0.3) is 0 Å². The molecule has 1 aliphatic rings. The highest BCUT2D eigenvalue weighted by Gasteiger charge is 2.15. The average Bonchev–Trinajstić information content (AvgIpc) is 2.65. The molecule has 1 fully saturated rings. The van der Waals surface area contributed by atoms with Crippen molar-refractivity contribution in [3.63, 3.8) is 0 Å². The zero-order valence-electron chi connectivity index (χ0n) is 9.33. The number of hydrogen-bond donors (Lipinski definition) is 2. The van der Waals surface area contributed by atoms with Gasteiger partial charge in [-0.15, -0.1) is 11.3 Å². The van der Waals surface area contributed by atoms with Crippen molar-refractivity contribution in [1.82, 2.24) is 10.6 Å². The first-order valence-electron chi connectivity index (χ1n) is 5.86. The summed E-state index contributed by atoms with van der Waals surface area (Å²) in [5, 5.41) is 9.33. The molecule has 1 unspecified atom stereocenters. The normalized spacial score (nSPS) is 24.7. The Kier molecular flexibility index (Phi) is 4.18. The Morgan fingerprint density at radius 2 is 2.40 bits per heavy atom. The molecule has 1 aliphatic heterocycles. The van der Waals surface area contributed by atoms with Crippen molar-refractivity contribution in [1.29, 1.82) is 0 Å². The monoisotopic (exact) mass is 224 g/mol. The SMILES string of the molecule is C[C@@H](NC1CCCNCC1)c1cccs1. The fraction of sp³-hybridized carbons (Fsp3) is 0.667. The number of hydrogen-bond acceptors (Lipinski definition) is 3. The lowest BCUT2D eigenvalue weighted by Gasteiger charge is -2.20. The van der Waals surface area contributed by atoms with Crippen LogP contribution >= 0.6 is 11.3 Å². The second-order valence-corrected chi connectivity index (χ2v) is 5.26. The molecular formula is C12H20N2S. The molecule has 0 amide bonds. The minimum Gasteiger partial charge on any atom is -0.317 e. The predicted molar refractivity (Wildman–Crippen MR) is 66.4 cm³/mol. The van der Waals surface area contributed by atoms with Crippen molar-refractivity contribution < 1.29 is 0 Å². The number of nitrogens with one attached hydrogen (secondary N) is 2. The lowest BCUT2D eigenvalue weighted by atomic mass is 10.1. The Bertz CT molecular complexity index is 263. The summed E-state index contributed by atoms with van der Waals surface area (Å²) in [4.78, 5) is 1.45. The lowest BCUT2D eigenvalue weighted by molar-refractivity contribution is 0.424. The van der Waals surface area contributed by atoms with Crippen LogP contribution in [0.2, 0.25) is 0 Å². The molecule has 3 heteroatoms. The number of rotatable bonds is 3. The minimum absolute atomic E-state index is 0.507. The van der Waals surface area contributed by atoms with E-state index >= 15 is 0 Å². The predicted octanol–water partition coefficient (Wildman–Crippen LogP) is 2.54. The van der Waals surface area contributed by atoms with Gasteiger partial charge in [0.2, 0.25) is 0 Å². The Morgan fingerprint density at radius 1 is 1.47 bits per heavy atom. The number of thiophene rings is 1. The van der Waals surface area contributed by atoms with Crippen LogP contribution in [0.4, 0.5) is 0 Å². The molecule has 2 atom stereocenters. The summed E-state index contributed by atoms with van der Waals surface area (Å²) in [6.07, 6.45) is 3.87. The molecule has 0 aliphatic carbocycles. The van der Waals surface area contributed by atoms with Gasteiger partial charge in [0, 0.05) is 17.0 Å². The molecule has 1 aromatic rings. The van der Waals surface area contributed by atoms with E-state index in [0.717, 1.165) is 6.54 Å². The first-order chi connectivity index (χ1) is 7.36. The van der Waals surface area contributed by atoms with Gasteiger partial charge in [0.05, 0.1) is 0 Å². The molecular weight excluding hydrogens is 204 g/mol. The molecule has 2 nitrogen and oxygen atoms in total. The Morgan fingerprint density at radius 3 is 3.20 bits per heavy atom. The van der Waals surface area contributed by atoms with E-state index in [0.29, 0.717) is 12.1 Å². The molecule has 2 heterocycles. The van der Waals surface area contributed by atoms with Gasteiger partial charge >= 0.3 is 0 Å². The van der Waals surface area contributed by atoms with Crippen LogP contribution in [0.1, 0.15) is 37.1 Å². The molecule has 1 aromatic heterocycles. The summed E-state index contributed by atoms with van der Waals surface area (Å²) >= 11 is 1.85. The highest BCUT2D eigenvalue weighted by atomic mass is 32.1. The van der Waals surface area contributed by atoms with Crippen molar-refractivity contribution in [2.24, 2.45) is 0 Å². The highest BCUT2D eigenvalue weighted by molar-refractivity contribution is 7.10. The third-order valence-electron chi connectivity index (χ3n) is 3.03. The Balaban J connectivity index is 1.84. The van der Waals surface area contributed by atoms with E-state index in [2.05, 4.69) is 35.1 Å². The maximum Gasteiger partial charge on any atom is 0.0388 e. The van der Waals surface area contributed by atoms with Crippen molar-refractivity contribution in [3.05, 3.63) is 22.4 Å². The van der Waals surface area contributed by atoms with Crippen LogP contribution in [0.5, 0.6) is 0 Å². The van der Waals surface area contributed by atoms with E-state index in [1.54, 1.807) is 0 Å². The molecule has 0 spiro atoms. The fourth-order valence-corrected chi connectivity index (χ4v) is 2.90. The summed E-state index contributed by atoms with van der Waals surface area (Å²) in [7, 11) is 0. The topological polar surface area (TPSA) is 24.1 Å². The zero-order valence-corrected chi connectivity index (χ0v) is 10.1. The highest BCUT2D eigenvalue weighted by Crippen LogP contribution is 2.20. The first kappa shape index (κ1) is 11.1. The maximum absolute atomic E-state index is 3.73. The third kappa shape index (κ3) is 3.30. The maximum atomic E-state index is 3.73. The van der Waals surface area contributed by atoms with Crippen LogP contribution < -0.4 is 10.6 Å². The molecule has 15 heavy (non-hydrogen) atoms. The largest absolute Gasteiger partial charge is 0.317 e. The Labute approximate surface area is 96.1 Å². The average molecular weight is 224 g/mol. The molecule has 2 N–H and O–H groups in total. The van der Waals surface area contributed by atoms with Crippen LogP contribution in [-0.4, -0.2) is 19.1 Å². The zero-order chi connectivity index (χ0) is 10.5. The molecule has 84 valence electrons. The molecule has 0 aromatic carbocycles. The molecule has 0 bridgehead atoms. The van der Waals surface area contributed by atoms with Gasteiger partial charge < -0.3 is 10.6 Å². The fourth-order valence-electron chi connectivity index (χ4n) is 2.16. The first-order valence-corrected chi connectivity index (χ1v) is 6.74. The van der Waals surface area contributed by atoms with Gasteiger partial charge in [-0.1, -0.05) is 6.07 Å². The summed E-state index contributed by atoms with van der Waals surface area (Å²) in [6, 6.07) is 5.55. The molecule has 0 radical (unpaired) electrons. The van der Waals surface area contributed by atoms with Crippen LogP contribution in [0.3, 0.4) is 0 Å². The van der Waals surface area contributed by atoms with Gasteiger partial charge in [0.25, 0.3) is 0 Å². The van der Waals surface area contributed by atoms with E-state index in [4.69, 9.17) is 0 Å². The third-order valence-corrected chi connectivity index (χ3v) is 4.09. The molecule has 0 saturated carbocycles. The van der Waals surface area contributed by atoms with E-state index in [-0.39, 0.29) is 0 Å². The smallest absolute Gasteiger partial charge is 0.0388 e. The minimum atomic E-state index is 0.507. The van der Waals surface area contributed by atoms with E-state index in [1.165, 1.54) is 30.7 Å². The second kappa shape index (κ2) is 5.64. The van der Waals surface area contributed by atoms with Crippen molar-refractivity contribution in [3.8, 4) is 0 Å². The van der Waals surface area contributed by atoms with Gasteiger partial charge in [-0.3, -0.25) is 0 Å². The summed E-state index contributed by atoms with van der Waals surface area (Å²) in [6.45, 7) is 4.62. The van der Waals surface area contributed by atoms with E-state index in [1.807, 2.05) is 11.3 Å². The van der Waals surface area contributed by atoms with Crippen molar-refractivity contribution in [2.75, 3.05) is 13.1 Å². The summed E-state index contributed by atoms with van der Waals surface area (Å²) in [5.41, 5.74) is 0. The van der Waals surface area contributed by atoms with E-state index < -0.39 is 0 Å². The molecule has 1 saturated heterocycles. The van der Waals surface area contributed by atoms with Crippen LogP contribution in [-0.2, 0) is 0 Å². The van der Waals surface area contributed by atoms with E-state index in [9.17, 15) is 0 Å². The van der Waals surface area contributed by atoms with Gasteiger partial charge in [-0.2, -0.15) is 0 Å². The van der Waals surface area contributed by atoms with Gasteiger partial charge in [-0.25, -0.2) is 0 Å². The van der Waals surface area contributed by atoms with Gasteiger partial charge in [-0.05, 0) is 50.7 Å². The summed E-state index contributed by atoms with van der Waals surface area (Å²) in [5.74, 6) is 0. The van der Waals surface area contributed by atoms with Crippen LogP contribution in [0.15, 0.2) is 17.5 Å². The van der Waals surface area contributed by atoms with Gasteiger partial charge in [0.1, 0.15) is 0 Å². The summed E-state index contributed by atoms with van der Waals surface area (Å²) < 4.78 is 0. The molecule has 2 rings (SSSR count). The lowest BCUT2D eigenvalue weighted by Crippen LogP contribution is -2.31. The van der Waals surface area contributed by atoms with Crippen molar-refractivity contribution >= 4 is 11.3 Å². The van der Waals surface area contributed by atoms with Crippen molar-refractivity contribution in [2.45, 2.75) is 38.3 Å². The van der Waals surface area contributed by atoms with Crippen LogP contribution in [0, 0.1) is 0 Å². The second-order valence-electron chi connectivity index (χ2n) is 4.28. The Hall–Kier alpha value is -0.380. The van der Waals surface area contributed by atoms with Gasteiger partial charge in [0.15, 0.2) is 0 Å². The quantitative estimate of drug-likeness (QED) is 0.824. The standard InChI is InChI=1S/C12H20N2S/c1-10(12-5-3-9-15-12)14-11-4-2-7-13-8-6-11/h3,5,9-11,13-14H,2,4,6-8H2,1H3/t10-,11?/m1/s1.